The van der Waals surface area contributed by atoms with Crippen molar-refractivity contribution in [1.82, 2.24) is 14.9 Å². The van der Waals surface area contributed by atoms with Crippen molar-refractivity contribution in [2.24, 2.45) is 10.9 Å². The first-order valence-corrected chi connectivity index (χ1v) is 11.4. The molecule has 1 aromatic carbocycles. The van der Waals surface area contributed by atoms with E-state index in [9.17, 15) is 21.6 Å². The van der Waals surface area contributed by atoms with Crippen molar-refractivity contribution in [3.8, 4) is 0 Å². The Kier molecular flexibility index (Phi) is 7.79. The SMILES string of the molecule is CN=C(NCc1ccc(C(C)(C)C)cc1)NCC1CCN(S(=O)(=O)C(F)(F)F)CC1. The molecule has 1 aliphatic heterocycles. The van der Waals surface area contributed by atoms with Crippen molar-refractivity contribution in [2.75, 3.05) is 26.7 Å². The van der Waals surface area contributed by atoms with Gasteiger partial charge < -0.3 is 10.6 Å². The Balaban J connectivity index is 1.79. The van der Waals surface area contributed by atoms with Gasteiger partial charge in [-0.05, 0) is 35.3 Å². The summed E-state index contributed by atoms with van der Waals surface area (Å²) in [5.74, 6) is 0.676. The number of halogens is 3. The standard InChI is InChI=1S/C20H31F3N4O2S/c1-19(2,3)17-7-5-15(6-8-17)13-25-18(24-4)26-14-16-9-11-27(12-10-16)30(28,29)20(21,22)23/h5-8,16H,9-14H2,1-4H3,(H2,24,25,26). The lowest BCUT2D eigenvalue weighted by molar-refractivity contribution is -0.0496. The second-order valence-corrected chi connectivity index (χ2v) is 10.5. The van der Waals surface area contributed by atoms with Crippen LogP contribution in [0.1, 0.15) is 44.7 Å². The van der Waals surface area contributed by atoms with Gasteiger partial charge in [0.05, 0.1) is 0 Å². The van der Waals surface area contributed by atoms with Gasteiger partial charge >= 0.3 is 15.5 Å². The highest BCUT2D eigenvalue weighted by Gasteiger charge is 2.50. The fourth-order valence-electron chi connectivity index (χ4n) is 3.27. The van der Waals surface area contributed by atoms with Gasteiger partial charge in [0.25, 0.3) is 0 Å². The summed E-state index contributed by atoms with van der Waals surface area (Å²) in [6.45, 7) is 7.34. The number of aliphatic imine (C=N–C) groups is 1. The zero-order chi connectivity index (χ0) is 22.6. The molecule has 6 nitrogen and oxygen atoms in total. The molecule has 170 valence electrons. The molecule has 0 aliphatic carbocycles. The van der Waals surface area contributed by atoms with Gasteiger partial charge in [-0.2, -0.15) is 17.5 Å². The van der Waals surface area contributed by atoms with Crippen LogP contribution >= 0.6 is 0 Å². The Morgan fingerprint density at radius 1 is 1.10 bits per heavy atom. The van der Waals surface area contributed by atoms with Crippen molar-refractivity contribution in [3.63, 3.8) is 0 Å². The summed E-state index contributed by atoms with van der Waals surface area (Å²) in [6, 6.07) is 8.35. The van der Waals surface area contributed by atoms with Crippen LogP contribution in [0.3, 0.4) is 0 Å². The Morgan fingerprint density at radius 2 is 1.67 bits per heavy atom. The fraction of sp³-hybridized carbons (Fsp3) is 0.650. The lowest BCUT2D eigenvalue weighted by atomic mass is 9.87. The summed E-state index contributed by atoms with van der Waals surface area (Å²) < 4.78 is 61.4. The molecule has 0 bridgehead atoms. The summed E-state index contributed by atoms with van der Waals surface area (Å²) >= 11 is 0. The summed E-state index contributed by atoms with van der Waals surface area (Å²) in [5, 5.41) is 6.40. The molecular formula is C20H31F3N4O2S. The summed E-state index contributed by atoms with van der Waals surface area (Å²) in [7, 11) is -3.58. The number of hydrogen-bond acceptors (Lipinski definition) is 3. The quantitative estimate of drug-likeness (QED) is 0.536. The molecule has 2 rings (SSSR count). The number of nitrogens with one attached hydrogen (secondary N) is 2. The van der Waals surface area contributed by atoms with Gasteiger partial charge in [-0.15, -0.1) is 0 Å². The van der Waals surface area contributed by atoms with Gasteiger partial charge in [0, 0.05) is 33.2 Å². The molecule has 2 N–H and O–H groups in total. The number of piperidine rings is 1. The van der Waals surface area contributed by atoms with Gasteiger partial charge in [0.2, 0.25) is 0 Å². The maximum absolute atomic E-state index is 12.7. The minimum absolute atomic E-state index is 0.0781. The normalized spacial score (nSPS) is 17.8. The predicted octanol–water partition coefficient (Wildman–Crippen LogP) is 3.21. The number of sulfonamides is 1. The van der Waals surface area contributed by atoms with E-state index in [1.165, 1.54) is 5.56 Å². The number of benzene rings is 1. The van der Waals surface area contributed by atoms with Crippen LogP contribution in [0.5, 0.6) is 0 Å². The molecule has 0 spiro atoms. The third kappa shape index (κ3) is 6.34. The average molecular weight is 449 g/mol. The lowest BCUT2D eigenvalue weighted by Crippen LogP contribution is -2.47. The third-order valence-corrected chi connectivity index (χ3v) is 6.90. The number of hydrogen-bond donors (Lipinski definition) is 2. The molecule has 1 aliphatic rings. The molecular weight excluding hydrogens is 417 g/mol. The summed E-state index contributed by atoms with van der Waals surface area (Å²) in [4.78, 5) is 4.17. The van der Waals surface area contributed by atoms with Gasteiger partial charge in [0.1, 0.15) is 0 Å². The average Bonchev–Trinajstić information content (AvgIpc) is 2.67. The first kappa shape index (κ1) is 24.5. The van der Waals surface area contributed by atoms with Crippen molar-refractivity contribution in [3.05, 3.63) is 35.4 Å². The highest BCUT2D eigenvalue weighted by molar-refractivity contribution is 7.90. The van der Waals surface area contributed by atoms with Crippen molar-refractivity contribution in [2.45, 2.75) is 51.1 Å². The van der Waals surface area contributed by atoms with Gasteiger partial charge in [0.15, 0.2) is 5.96 Å². The van der Waals surface area contributed by atoms with Crippen LogP contribution in [0, 0.1) is 5.92 Å². The number of nitrogens with zero attached hydrogens (tertiary/aromatic N) is 2. The van der Waals surface area contributed by atoms with E-state index in [4.69, 9.17) is 0 Å². The molecule has 0 saturated carbocycles. The van der Waals surface area contributed by atoms with E-state index in [1.54, 1.807) is 7.05 Å². The van der Waals surface area contributed by atoms with E-state index in [2.05, 4.69) is 60.7 Å². The Labute approximate surface area is 177 Å². The molecule has 1 aromatic rings. The molecule has 10 heteroatoms. The highest BCUT2D eigenvalue weighted by Crippen LogP contribution is 2.30. The summed E-state index contributed by atoms with van der Waals surface area (Å²) in [6.07, 6.45) is 0.737. The molecule has 0 amide bonds. The number of alkyl halides is 3. The second kappa shape index (κ2) is 9.55. The predicted molar refractivity (Wildman–Crippen MR) is 113 cm³/mol. The summed E-state index contributed by atoms with van der Waals surface area (Å²) in [5.41, 5.74) is -2.78. The van der Waals surface area contributed by atoms with Crippen LogP contribution in [0.15, 0.2) is 29.3 Å². The van der Waals surface area contributed by atoms with Crippen LogP contribution < -0.4 is 10.6 Å². The maximum atomic E-state index is 12.7. The Morgan fingerprint density at radius 3 is 2.13 bits per heavy atom. The smallest absolute Gasteiger partial charge is 0.356 e. The Bertz CT molecular complexity index is 823. The Hall–Kier alpha value is -1.81. The molecule has 0 aromatic heterocycles. The second-order valence-electron chi connectivity index (χ2n) is 8.55. The van der Waals surface area contributed by atoms with Crippen LogP contribution in [-0.2, 0) is 22.0 Å². The van der Waals surface area contributed by atoms with Gasteiger partial charge in [-0.3, -0.25) is 4.99 Å². The lowest BCUT2D eigenvalue weighted by Gasteiger charge is -2.31. The van der Waals surface area contributed by atoms with E-state index < -0.39 is 15.5 Å². The molecule has 1 fully saturated rings. The minimum atomic E-state index is -5.24. The monoisotopic (exact) mass is 448 g/mol. The fourth-order valence-corrected chi connectivity index (χ4v) is 4.25. The highest BCUT2D eigenvalue weighted by atomic mass is 32.2. The molecule has 0 atom stereocenters. The van der Waals surface area contributed by atoms with E-state index >= 15 is 0 Å². The van der Waals surface area contributed by atoms with Crippen molar-refractivity contribution < 1.29 is 21.6 Å². The van der Waals surface area contributed by atoms with Gasteiger partial charge in [-0.1, -0.05) is 45.0 Å². The topological polar surface area (TPSA) is 73.8 Å². The molecule has 1 saturated heterocycles. The third-order valence-electron chi connectivity index (χ3n) is 5.27. The minimum Gasteiger partial charge on any atom is -0.356 e. The zero-order valence-electron chi connectivity index (χ0n) is 17.9. The van der Waals surface area contributed by atoms with Crippen molar-refractivity contribution in [1.29, 1.82) is 0 Å². The van der Waals surface area contributed by atoms with Gasteiger partial charge in [-0.25, -0.2) is 8.42 Å². The number of guanidine groups is 1. The molecule has 0 unspecified atom stereocenters. The maximum Gasteiger partial charge on any atom is 0.511 e. The van der Waals surface area contributed by atoms with E-state index in [1.807, 2.05) is 0 Å². The van der Waals surface area contributed by atoms with E-state index in [-0.39, 0.29) is 24.4 Å². The largest absolute Gasteiger partial charge is 0.511 e. The molecule has 0 radical (unpaired) electrons. The number of rotatable bonds is 5. The van der Waals surface area contributed by atoms with Crippen LogP contribution in [0.25, 0.3) is 0 Å². The molecule has 30 heavy (non-hydrogen) atoms. The zero-order valence-corrected chi connectivity index (χ0v) is 18.7. The first-order valence-electron chi connectivity index (χ1n) is 9.95. The van der Waals surface area contributed by atoms with Crippen molar-refractivity contribution >= 4 is 16.0 Å². The van der Waals surface area contributed by atoms with E-state index in [0.717, 1.165) is 5.56 Å². The van der Waals surface area contributed by atoms with Crippen LogP contribution in [-0.4, -0.2) is 50.9 Å². The molecule has 1 heterocycles. The van der Waals surface area contributed by atoms with Crippen LogP contribution in [0.2, 0.25) is 0 Å². The first-order chi connectivity index (χ1) is 13.8. The van der Waals surface area contributed by atoms with Crippen LogP contribution in [0.4, 0.5) is 13.2 Å². The van der Waals surface area contributed by atoms with E-state index in [0.29, 0.717) is 36.2 Å².